The second kappa shape index (κ2) is 6.98. The van der Waals surface area contributed by atoms with Gasteiger partial charge in [0.1, 0.15) is 11.6 Å². The highest BCUT2D eigenvalue weighted by molar-refractivity contribution is 9.10. The fourth-order valence-electron chi connectivity index (χ4n) is 1.71. The summed E-state index contributed by atoms with van der Waals surface area (Å²) in [6.07, 6.45) is 0.750. The predicted octanol–water partition coefficient (Wildman–Crippen LogP) is 3.47. The number of nitrogens with one attached hydrogen (secondary N) is 1. The van der Waals surface area contributed by atoms with E-state index in [1.165, 1.54) is 4.88 Å². The Kier molecular flexibility index (Phi) is 5.30. The Labute approximate surface area is 125 Å². The van der Waals surface area contributed by atoms with Crippen LogP contribution in [0.2, 0.25) is 0 Å². The standard InChI is InChI=1S/C13H16BrN3OS/c1-3-15-13-12(14)10(8-18-2)16-11(17-13)7-9-5-4-6-19-9/h4-6H,3,7-8H2,1-2H3,(H,15,16,17). The highest BCUT2D eigenvalue weighted by Crippen LogP contribution is 2.25. The first kappa shape index (κ1) is 14.4. The first-order chi connectivity index (χ1) is 9.24. The molecule has 2 heterocycles. The fourth-order valence-corrected chi connectivity index (χ4v) is 2.84. The Morgan fingerprint density at radius 3 is 2.89 bits per heavy atom. The Morgan fingerprint density at radius 2 is 2.26 bits per heavy atom. The quantitative estimate of drug-likeness (QED) is 0.873. The van der Waals surface area contributed by atoms with Gasteiger partial charge in [0.05, 0.1) is 16.8 Å². The third-order valence-corrected chi connectivity index (χ3v) is 4.21. The van der Waals surface area contributed by atoms with Gasteiger partial charge in [0.15, 0.2) is 0 Å². The van der Waals surface area contributed by atoms with Crippen LogP contribution in [0.4, 0.5) is 5.82 Å². The highest BCUT2D eigenvalue weighted by atomic mass is 79.9. The Morgan fingerprint density at radius 1 is 1.42 bits per heavy atom. The van der Waals surface area contributed by atoms with Gasteiger partial charge in [0, 0.05) is 25.0 Å². The molecular formula is C13H16BrN3OS. The molecule has 0 spiro atoms. The van der Waals surface area contributed by atoms with E-state index in [-0.39, 0.29) is 0 Å². The van der Waals surface area contributed by atoms with Gasteiger partial charge in [-0.2, -0.15) is 0 Å². The lowest BCUT2D eigenvalue weighted by molar-refractivity contribution is 0.180. The summed E-state index contributed by atoms with van der Waals surface area (Å²) < 4.78 is 6.07. The summed E-state index contributed by atoms with van der Waals surface area (Å²) in [7, 11) is 1.67. The van der Waals surface area contributed by atoms with Gasteiger partial charge in [-0.3, -0.25) is 0 Å². The highest BCUT2D eigenvalue weighted by Gasteiger charge is 2.12. The molecule has 0 aliphatic rings. The summed E-state index contributed by atoms with van der Waals surface area (Å²) in [5.74, 6) is 1.64. The van der Waals surface area contributed by atoms with Crippen LogP contribution in [-0.4, -0.2) is 23.6 Å². The molecule has 0 aromatic carbocycles. The molecule has 0 aliphatic carbocycles. The van der Waals surface area contributed by atoms with Gasteiger partial charge < -0.3 is 10.1 Å². The van der Waals surface area contributed by atoms with Crippen molar-refractivity contribution in [2.75, 3.05) is 19.0 Å². The number of methoxy groups -OCH3 is 1. The van der Waals surface area contributed by atoms with E-state index in [0.29, 0.717) is 6.61 Å². The van der Waals surface area contributed by atoms with E-state index in [4.69, 9.17) is 4.74 Å². The smallest absolute Gasteiger partial charge is 0.144 e. The van der Waals surface area contributed by atoms with Crippen LogP contribution in [0.25, 0.3) is 0 Å². The van der Waals surface area contributed by atoms with Crippen molar-refractivity contribution in [2.24, 2.45) is 0 Å². The second-order valence-corrected chi connectivity index (χ2v) is 5.79. The van der Waals surface area contributed by atoms with Crippen LogP contribution in [0.3, 0.4) is 0 Å². The first-order valence-electron chi connectivity index (χ1n) is 6.05. The Bertz CT molecular complexity index is 504. The lowest BCUT2D eigenvalue weighted by Gasteiger charge is -2.11. The molecule has 0 aliphatic heterocycles. The normalized spacial score (nSPS) is 10.7. The van der Waals surface area contributed by atoms with Crippen LogP contribution in [0, 0.1) is 0 Å². The molecule has 0 atom stereocenters. The number of thiophene rings is 1. The summed E-state index contributed by atoms with van der Waals surface area (Å²) in [5.41, 5.74) is 0.875. The first-order valence-corrected chi connectivity index (χ1v) is 7.72. The molecule has 0 radical (unpaired) electrons. The maximum Gasteiger partial charge on any atom is 0.144 e. The van der Waals surface area contributed by atoms with Gasteiger partial charge in [-0.25, -0.2) is 9.97 Å². The van der Waals surface area contributed by atoms with Crippen molar-refractivity contribution >= 4 is 33.1 Å². The van der Waals surface area contributed by atoms with Crippen molar-refractivity contribution in [1.82, 2.24) is 9.97 Å². The van der Waals surface area contributed by atoms with Crippen LogP contribution < -0.4 is 5.32 Å². The number of nitrogens with zero attached hydrogens (tertiary/aromatic N) is 2. The molecular weight excluding hydrogens is 326 g/mol. The van der Waals surface area contributed by atoms with E-state index in [1.807, 2.05) is 13.0 Å². The summed E-state index contributed by atoms with van der Waals surface area (Å²) in [4.78, 5) is 10.4. The van der Waals surface area contributed by atoms with Crippen LogP contribution in [0.5, 0.6) is 0 Å². The topological polar surface area (TPSA) is 47.0 Å². The van der Waals surface area contributed by atoms with Crippen LogP contribution in [0.1, 0.15) is 23.3 Å². The van der Waals surface area contributed by atoms with Gasteiger partial charge in [-0.05, 0) is 34.3 Å². The zero-order chi connectivity index (χ0) is 13.7. The molecule has 1 N–H and O–H groups in total. The zero-order valence-corrected chi connectivity index (χ0v) is 13.3. The molecule has 0 saturated heterocycles. The average molecular weight is 342 g/mol. The van der Waals surface area contributed by atoms with Crippen LogP contribution in [-0.2, 0) is 17.8 Å². The summed E-state index contributed by atoms with van der Waals surface area (Å²) in [6, 6.07) is 4.14. The molecule has 6 heteroatoms. The molecule has 2 rings (SSSR count). The van der Waals surface area contributed by atoms with Crippen molar-refractivity contribution in [2.45, 2.75) is 20.0 Å². The van der Waals surface area contributed by atoms with Crippen molar-refractivity contribution in [3.63, 3.8) is 0 Å². The van der Waals surface area contributed by atoms with E-state index in [2.05, 4.69) is 42.7 Å². The number of hydrogen-bond donors (Lipinski definition) is 1. The maximum atomic E-state index is 5.19. The van der Waals surface area contributed by atoms with Crippen molar-refractivity contribution in [1.29, 1.82) is 0 Å². The van der Waals surface area contributed by atoms with Crippen molar-refractivity contribution in [3.8, 4) is 0 Å². The number of anilines is 1. The van der Waals surface area contributed by atoms with E-state index >= 15 is 0 Å². The summed E-state index contributed by atoms with van der Waals surface area (Å²) in [5, 5.41) is 5.31. The lowest BCUT2D eigenvalue weighted by atomic mass is 10.3. The largest absolute Gasteiger partial charge is 0.378 e. The zero-order valence-electron chi connectivity index (χ0n) is 10.9. The Balaban J connectivity index is 2.31. The molecule has 0 saturated carbocycles. The summed E-state index contributed by atoms with van der Waals surface area (Å²) >= 11 is 5.25. The number of halogens is 1. The molecule has 0 bridgehead atoms. The van der Waals surface area contributed by atoms with E-state index in [0.717, 1.165) is 34.8 Å². The van der Waals surface area contributed by atoms with Crippen molar-refractivity contribution in [3.05, 3.63) is 38.4 Å². The van der Waals surface area contributed by atoms with Gasteiger partial charge in [0.25, 0.3) is 0 Å². The number of ether oxygens (including phenoxy) is 1. The van der Waals surface area contributed by atoms with Gasteiger partial charge in [-0.15, -0.1) is 11.3 Å². The van der Waals surface area contributed by atoms with Gasteiger partial charge in [0.2, 0.25) is 0 Å². The molecule has 102 valence electrons. The Hall–Kier alpha value is -0.980. The predicted molar refractivity (Wildman–Crippen MR) is 81.7 cm³/mol. The molecule has 2 aromatic heterocycles. The minimum Gasteiger partial charge on any atom is -0.378 e. The fraction of sp³-hybridized carbons (Fsp3) is 0.385. The minimum atomic E-state index is 0.471. The second-order valence-electron chi connectivity index (χ2n) is 3.97. The van der Waals surface area contributed by atoms with Gasteiger partial charge in [-0.1, -0.05) is 6.07 Å². The molecule has 4 nitrogen and oxygen atoms in total. The molecule has 0 amide bonds. The van der Waals surface area contributed by atoms with Crippen molar-refractivity contribution < 1.29 is 4.74 Å². The molecule has 2 aromatic rings. The summed E-state index contributed by atoms with van der Waals surface area (Å²) in [6.45, 7) is 3.34. The lowest BCUT2D eigenvalue weighted by Crippen LogP contribution is -2.08. The van der Waals surface area contributed by atoms with E-state index < -0.39 is 0 Å². The SMILES string of the molecule is CCNc1nc(Cc2cccs2)nc(COC)c1Br. The van der Waals surface area contributed by atoms with Crippen LogP contribution >= 0.6 is 27.3 Å². The molecule has 19 heavy (non-hydrogen) atoms. The van der Waals surface area contributed by atoms with Crippen LogP contribution in [0.15, 0.2) is 22.0 Å². The number of rotatable bonds is 6. The third-order valence-electron chi connectivity index (χ3n) is 2.50. The third kappa shape index (κ3) is 3.75. The molecule has 0 unspecified atom stereocenters. The van der Waals surface area contributed by atoms with Gasteiger partial charge >= 0.3 is 0 Å². The molecule has 0 fully saturated rings. The minimum absolute atomic E-state index is 0.471. The van der Waals surface area contributed by atoms with E-state index in [9.17, 15) is 0 Å². The monoisotopic (exact) mass is 341 g/mol. The number of aromatic nitrogens is 2. The average Bonchev–Trinajstić information content (AvgIpc) is 2.88. The number of hydrogen-bond acceptors (Lipinski definition) is 5. The maximum absolute atomic E-state index is 5.19. The van der Waals surface area contributed by atoms with E-state index in [1.54, 1.807) is 18.4 Å².